The summed E-state index contributed by atoms with van der Waals surface area (Å²) < 4.78 is 93.6. The van der Waals surface area contributed by atoms with Gasteiger partial charge in [-0.2, -0.15) is 21.4 Å². The number of hydrogen-bond acceptors (Lipinski definition) is 12. The van der Waals surface area contributed by atoms with Crippen LogP contribution in [0.1, 0.15) is 49.2 Å². The van der Waals surface area contributed by atoms with Gasteiger partial charge in [0.25, 0.3) is 20.2 Å². The lowest BCUT2D eigenvalue weighted by atomic mass is 9.77. The average Bonchev–Trinajstić information content (AvgIpc) is 3.51. The van der Waals surface area contributed by atoms with E-state index in [-0.39, 0.29) is 96.5 Å². The number of carboxylic acids is 1. The van der Waals surface area contributed by atoms with Crippen molar-refractivity contribution in [1.29, 1.82) is 0 Å². The number of hydrogen-bond donors (Lipinski definition) is 4. The predicted molar refractivity (Wildman–Crippen MR) is 213 cm³/mol. The average molecular weight is 852 g/mol. The first-order valence-corrected chi connectivity index (χ1v) is 21.5. The van der Waals surface area contributed by atoms with Gasteiger partial charge in [0.15, 0.2) is 12.3 Å². The van der Waals surface area contributed by atoms with Crippen molar-refractivity contribution in [3.63, 3.8) is 0 Å². The van der Waals surface area contributed by atoms with Gasteiger partial charge in [-0.3, -0.25) is 13.9 Å². The van der Waals surface area contributed by atoms with Gasteiger partial charge >= 0.3 is 5.97 Å². The minimum absolute atomic E-state index is 0.0105. The van der Waals surface area contributed by atoms with Gasteiger partial charge in [0.2, 0.25) is 11.5 Å². The van der Waals surface area contributed by atoms with Gasteiger partial charge in [-0.25, -0.2) is 4.79 Å². The monoisotopic (exact) mass is 851 g/mol. The maximum Gasteiger partial charge on any atom is 0.335 e. The van der Waals surface area contributed by atoms with E-state index in [1.165, 1.54) is 36.4 Å². The van der Waals surface area contributed by atoms with Gasteiger partial charge in [-0.1, -0.05) is 13.8 Å². The van der Waals surface area contributed by atoms with Gasteiger partial charge < -0.3 is 34.1 Å². The van der Waals surface area contributed by atoms with Crippen LogP contribution in [0.3, 0.4) is 0 Å². The maximum absolute atomic E-state index is 14.0. The Balaban J connectivity index is 1.30. The maximum atomic E-state index is 14.0. The Labute approximate surface area is 340 Å². The molecule has 0 saturated heterocycles. The van der Waals surface area contributed by atoms with E-state index in [0.717, 1.165) is 0 Å². The van der Waals surface area contributed by atoms with Gasteiger partial charge in [-0.15, -0.1) is 0 Å². The van der Waals surface area contributed by atoms with Gasteiger partial charge in [0.05, 0.1) is 51.7 Å². The molecule has 0 aromatic heterocycles. The normalized spacial score (nSPS) is 20.6. The number of benzene rings is 3. The third-order valence-corrected chi connectivity index (χ3v) is 12.6. The lowest BCUT2D eigenvalue weighted by Gasteiger charge is -2.29. The summed E-state index contributed by atoms with van der Waals surface area (Å²) in [5.41, 5.74) is 1.47. The lowest BCUT2D eigenvalue weighted by molar-refractivity contribution is -0.442. The van der Waals surface area contributed by atoms with Crippen LogP contribution in [-0.2, 0) is 45.3 Å². The number of aliphatic hydroxyl groups excluding tert-OH is 1. The lowest BCUT2D eigenvalue weighted by Crippen LogP contribution is -2.33. The zero-order valence-electron chi connectivity index (χ0n) is 32.6. The van der Waals surface area contributed by atoms with Crippen LogP contribution in [0.15, 0.2) is 99.1 Å². The molecule has 16 nitrogen and oxygen atoms in total. The molecule has 8 rings (SSSR count). The third-order valence-electron chi connectivity index (χ3n) is 10.9. The molecular weight excluding hydrogens is 809 g/mol. The molecule has 5 aliphatic rings. The van der Waals surface area contributed by atoms with E-state index in [0.29, 0.717) is 33.9 Å². The fourth-order valence-electron chi connectivity index (χ4n) is 7.83. The Morgan fingerprint density at radius 3 is 1.93 bits per heavy atom. The van der Waals surface area contributed by atoms with Crippen molar-refractivity contribution in [2.75, 3.05) is 57.6 Å². The van der Waals surface area contributed by atoms with E-state index in [1.54, 1.807) is 30.4 Å². The predicted octanol–water partition coefficient (Wildman–Crippen LogP) is 4.76. The minimum atomic E-state index is -4.56. The summed E-state index contributed by atoms with van der Waals surface area (Å²) >= 11 is 0. The van der Waals surface area contributed by atoms with Crippen molar-refractivity contribution < 1.29 is 69.3 Å². The second-order valence-corrected chi connectivity index (χ2v) is 18.2. The number of aromatic carboxylic acids is 1. The highest BCUT2D eigenvalue weighted by atomic mass is 32.2. The zero-order chi connectivity index (χ0) is 42.7. The number of fused-ring (bicyclic) bond motifs is 12. The first kappa shape index (κ1) is 41.8. The van der Waals surface area contributed by atoms with E-state index in [1.807, 2.05) is 37.2 Å². The summed E-state index contributed by atoms with van der Waals surface area (Å²) in [5, 5.41) is 21.2. The van der Waals surface area contributed by atoms with Crippen LogP contribution in [0.25, 0.3) is 0 Å². The van der Waals surface area contributed by atoms with Crippen LogP contribution >= 0.6 is 0 Å². The molecule has 0 fully saturated rings. The number of carbonyl (C=O) groups is 2. The SMILES string of the molecule is CC1(C)C2=[N+](CCOCCOc3cc(cc(C(=O)O)c3)OCCOCCN3/C(=C/C4=C(O)C(=C2)C4=O)C(C)(C)c2cc(S(=O)(=O)O)ccc23)c2ccc(S(=O)(=O)O)cc21. The summed E-state index contributed by atoms with van der Waals surface area (Å²) in [7, 11) is -9.11. The molecule has 0 saturated carbocycles. The summed E-state index contributed by atoms with van der Waals surface area (Å²) in [6.07, 6.45) is 3.12. The molecule has 0 unspecified atom stereocenters. The van der Waals surface area contributed by atoms with E-state index >= 15 is 0 Å². The van der Waals surface area contributed by atoms with Gasteiger partial charge in [-0.05, 0) is 68.0 Å². The number of carbonyl (C=O) groups excluding carboxylic acids is 1. The number of anilines is 1. The van der Waals surface area contributed by atoms with E-state index in [9.17, 15) is 45.7 Å². The van der Waals surface area contributed by atoms with Crippen molar-refractivity contribution in [2.24, 2.45) is 0 Å². The number of aliphatic hydroxyl groups is 1. The van der Waals surface area contributed by atoms with Crippen LogP contribution in [0.5, 0.6) is 11.5 Å². The highest BCUT2D eigenvalue weighted by molar-refractivity contribution is 7.86. The Kier molecular flexibility index (Phi) is 10.9. The second-order valence-electron chi connectivity index (χ2n) is 15.3. The van der Waals surface area contributed by atoms with Crippen LogP contribution in [0.2, 0.25) is 0 Å². The number of ether oxygens (including phenoxy) is 4. The highest BCUT2D eigenvalue weighted by Crippen LogP contribution is 2.50. The Bertz CT molecular complexity index is 2640. The van der Waals surface area contributed by atoms with E-state index < -0.39 is 42.8 Å². The molecule has 0 radical (unpaired) electrons. The molecule has 4 N–H and O–H groups in total. The van der Waals surface area contributed by atoms with Crippen molar-refractivity contribution in [3.8, 4) is 11.5 Å². The van der Waals surface area contributed by atoms with Gasteiger partial charge in [0.1, 0.15) is 37.1 Å². The smallest absolute Gasteiger partial charge is 0.335 e. The highest BCUT2D eigenvalue weighted by Gasteiger charge is 2.48. The molecule has 0 atom stereocenters. The Morgan fingerprint density at radius 1 is 0.746 bits per heavy atom. The molecule has 4 heterocycles. The number of nitrogens with zero attached hydrogens (tertiary/aromatic N) is 2. The molecule has 3 aromatic rings. The van der Waals surface area contributed by atoms with E-state index in [4.69, 9.17) is 18.9 Å². The van der Waals surface area contributed by atoms with Crippen LogP contribution in [0.4, 0.5) is 11.4 Å². The quantitative estimate of drug-likeness (QED) is 0.206. The molecular formula is C41H43N2O14S2+. The van der Waals surface area contributed by atoms with Crippen molar-refractivity contribution in [3.05, 3.63) is 106 Å². The summed E-state index contributed by atoms with van der Waals surface area (Å²) in [4.78, 5) is 27.1. The number of allylic oxidation sites excluding steroid dienone is 5. The molecule has 1 aliphatic carbocycles. The topological polar surface area (TPSA) is 227 Å². The number of rotatable bonds is 3. The first-order valence-electron chi connectivity index (χ1n) is 18.6. The summed E-state index contributed by atoms with van der Waals surface area (Å²) in [6, 6.07) is 12.7. The number of Topliss-reactive ketones (excluding diaryl/α,β-unsaturated/α-hetero) is 1. The molecule has 3 aromatic carbocycles. The zero-order valence-corrected chi connectivity index (χ0v) is 34.2. The van der Waals surface area contributed by atoms with Crippen LogP contribution in [0, 0.1) is 0 Å². The molecule has 4 bridgehead atoms. The fourth-order valence-corrected chi connectivity index (χ4v) is 8.84. The van der Waals surface area contributed by atoms with E-state index in [2.05, 4.69) is 0 Å². The molecule has 0 amide bonds. The molecule has 0 spiro atoms. The molecule has 312 valence electrons. The Morgan fingerprint density at radius 2 is 1.34 bits per heavy atom. The minimum Gasteiger partial charge on any atom is -0.506 e. The fraction of sp³-hybridized carbons (Fsp3) is 0.341. The van der Waals surface area contributed by atoms with Crippen LogP contribution < -0.4 is 14.4 Å². The largest absolute Gasteiger partial charge is 0.506 e. The molecule has 18 heteroatoms. The Hall–Kier alpha value is -5.37. The number of ketones is 1. The van der Waals surface area contributed by atoms with Crippen LogP contribution in [-0.4, -0.2) is 111 Å². The standard InChI is InChI=1S/C41H42N2O14S2/c1-40(2)31-20-27(58(48,49)50)5-7-33(31)42-9-11-54-13-15-56-25-17-24(39(46)47)18-26(19-25)57-16-14-55-12-10-43-34-8-6-28(59(51,52)53)21-32(34)41(3,4)36(43)23-30-37(44)29(38(30)45)22-35(40)42/h5-8,17-23H,9-16H2,1-4H3,(H3-,44,45,46,47,48,49,50,51,52,53)/p+1. The molecule has 4 aliphatic heterocycles. The summed E-state index contributed by atoms with van der Waals surface area (Å²) in [5.74, 6) is -1.43. The summed E-state index contributed by atoms with van der Waals surface area (Å²) in [6.45, 7) is 8.34. The van der Waals surface area contributed by atoms with Crippen molar-refractivity contribution >= 4 is 49.1 Å². The van der Waals surface area contributed by atoms with Gasteiger partial charge in [0, 0.05) is 47.1 Å². The third kappa shape index (κ3) is 7.91. The molecule has 59 heavy (non-hydrogen) atoms. The van der Waals surface area contributed by atoms with Crippen molar-refractivity contribution in [2.45, 2.75) is 48.3 Å². The van der Waals surface area contributed by atoms with Crippen molar-refractivity contribution in [1.82, 2.24) is 0 Å². The second kappa shape index (κ2) is 15.3. The first-order chi connectivity index (χ1) is 27.7. The number of carboxylic acid groups (broad SMARTS) is 1.